The average molecular weight is 422 g/mol. The van der Waals surface area contributed by atoms with E-state index in [9.17, 15) is 22.4 Å². The van der Waals surface area contributed by atoms with Gasteiger partial charge in [0, 0.05) is 17.0 Å². The van der Waals surface area contributed by atoms with Crippen LogP contribution in [0.25, 0.3) is 17.3 Å². The van der Waals surface area contributed by atoms with Crippen LogP contribution in [-0.2, 0) is 11.0 Å². The molecule has 0 spiro atoms. The van der Waals surface area contributed by atoms with Gasteiger partial charge in [-0.05, 0) is 42.0 Å². The van der Waals surface area contributed by atoms with Crippen molar-refractivity contribution in [3.8, 4) is 17.0 Å². The number of carbonyl (C=O) groups excluding carboxylic acids is 1. The lowest BCUT2D eigenvalue weighted by Gasteiger charge is -2.06. The molecule has 0 unspecified atom stereocenters. The largest absolute Gasteiger partial charge is 0.494 e. The molecule has 0 bridgehead atoms. The third kappa shape index (κ3) is 5.20. The van der Waals surface area contributed by atoms with E-state index in [1.807, 2.05) is 0 Å². The minimum absolute atomic E-state index is 0.109. The molecular weight excluding hydrogens is 408 g/mol. The number of anilines is 1. The van der Waals surface area contributed by atoms with Crippen molar-refractivity contribution >= 4 is 28.5 Å². The van der Waals surface area contributed by atoms with Gasteiger partial charge in [0.2, 0.25) is 5.91 Å². The predicted molar refractivity (Wildman–Crippen MR) is 103 cm³/mol. The summed E-state index contributed by atoms with van der Waals surface area (Å²) in [6, 6.07) is 9.00. The van der Waals surface area contributed by atoms with Crippen LogP contribution in [0.4, 0.5) is 22.7 Å². The van der Waals surface area contributed by atoms with E-state index in [0.29, 0.717) is 11.3 Å². The first kappa shape index (κ1) is 20.5. The smallest absolute Gasteiger partial charge is 0.416 e. The van der Waals surface area contributed by atoms with Gasteiger partial charge in [-0.15, -0.1) is 11.3 Å². The molecule has 0 aliphatic heterocycles. The number of rotatable bonds is 5. The molecule has 2 aromatic carbocycles. The van der Waals surface area contributed by atoms with E-state index in [4.69, 9.17) is 4.74 Å². The van der Waals surface area contributed by atoms with Crippen molar-refractivity contribution in [3.63, 3.8) is 0 Å². The van der Waals surface area contributed by atoms with Gasteiger partial charge in [-0.25, -0.2) is 9.37 Å². The van der Waals surface area contributed by atoms with Crippen LogP contribution in [0, 0.1) is 5.82 Å². The second-order valence-corrected chi connectivity index (χ2v) is 6.69. The molecule has 1 heterocycles. The summed E-state index contributed by atoms with van der Waals surface area (Å²) in [6.07, 6.45) is -2.06. The maximum Gasteiger partial charge on any atom is 0.416 e. The lowest BCUT2D eigenvalue weighted by Crippen LogP contribution is -2.07. The Morgan fingerprint density at radius 1 is 1.21 bits per heavy atom. The van der Waals surface area contributed by atoms with Crippen molar-refractivity contribution < 1.29 is 27.1 Å². The topological polar surface area (TPSA) is 51.2 Å². The normalized spacial score (nSPS) is 11.6. The molecule has 0 fully saturated rings. The van der Waals surface area contributed by atoms with E-state index in [1.54, 1.807) is 11.4 Å². The molecule has 9 heteroatoms. The molecule has 0 aliphatic rings. The zero-order valence-electron chi connectivity index (χ0n) is 15.0. The highest BCUT2D eigenvalue weighted by molar-refractivity contribution is 7.14. The zero-order valence-corrected chi connectivity index (χ0v) is 15.8. The molecule has 0 radical (unpaired) electrons. The molecule has 0 saturated heterocycles. The standard InChI is InChI=1S/C20H14F4N2O2S/c1-28-17-7-6-13(10-15(17)21)16-11-29-19(25-16)26-18(27)8-5-12-3-2-4-14(9-12)20(22,23)24/h2-11H,1H3,(H,25,26,27)/b8-5+. The summed E-state index contributed by atoms with van der Waals surface area (Å²) in [5.41, 5.74) is 0.424. The fourth-order valence-corrected chi connectivity index (χ4v) is 3.15. The maximum atomic E-state index is 13.8. The molecule has 3 aromatic rings. The highest BCUT2D eigenvalue weighted by atomic mass is 32.1. The number of methoxy groups -OCH3 is 1. The van der Waals surface area contributed by atoms with Gasteiger partial charge in [0.15, 0.2) is 16.7 Å². The Labute approximate surface area is 167 Å². The molecular formula is C20H14F4N2O2S. The van der Waals surface area contributed by atoms with Crippen molar-refractivity contribution in [2.75, 3.05) is 12.4 Å². The number of hydrogen-bond donors (Lipinski definition) is 1. The van der Waals surface area contributed by atoms with Gasteiger partial charge in [0.05, 0.1) is 18.4 Å². The molecule has 4 nitrogen and oxygen atoms in total. The van der Waals surface area contributed by atoms with Crippen molar-refractivity contribution in [3.05, 3.63) is 70.9 Å². The molecule has 29 heavy (non-hydrogen) atoms. The number of thiazole rings is 1. The van der Waals surface area contributed by atoms with Crippen molar-refractivity contribution in [1.82, 2.24) is 4.98 Å². The SMILES string of the molecule is COc1ccc(-c2csc(NC(=O)/C=C/c3cccc(C(F)(F)F)c3)n2)cc1F. The van der Waals surface area contributed by atoms with Crippen LogP contribution in [0.15, 0.2) is 53.9 Å². The Balaban J connectivity index is 1.68. The van der Waals surface area contributed by atoms with Crippen LogP contribution < -0.4 is 10.1 Å². The molecule has 0 aliphatic carbocycles. The van der Waals surface area contributed by atoms with E-state index in [0.717, 1.165) is 29.5 Å². The minimum Gasteiger partial charge on any atom is -0.494 e. The lowest BCUT2D eigenvalue weighted by molar-refractivity contribution is -0.137. The van der Waals surface area contributed by atoms with Gasteiger partial charge in [-0.1, -0.05) is 12.1 Å². The van der Waals surface area contributed by atoms with Crippen LogP contribution in [-0.4, -0.2) is 18.0 Å². The number of amides is 1. The third-order valence-electron chi connectivity index (χ3n) is 3.82. The van der Waals surface area contributed by atoms with Crippen LogP contribution in [0.2, 0.25) is 0 Å². The van der Waals surface area contributed by atoms with E-state index in [1.165, 1.54) is 37.5 Å². The summed E-state index contributed by atoms with van der Waals surface area (Å²) in [4.78, 5) is 16.2. The number of carbonyl (C=O) groups is 1. The highest BCUT2D eigenvalue weighted by Gasteiger charge is 2.30. The number of alkyl halides is 3. The van der Waals surface area contributed by atoms with Gasteiger partial charge in [0.1, 0.15) is 0 Å². The first-order valence-electron chi connectivity index (χ1n) is 8.22. The summed E-state index contributed by atoms with van der Waals surface area (Å²) in [5.74, 6) is -0.978. The number of nitrogens with one attached hydrogen (secondary N) is 1. The number of benzene rings is 2. The Hall–Kier alpha value is -3.20. The van der Waals surface area contributed by atoms with E-state index >= 15 is 0 Å². The zero-order chi connectivity index (χ0) is 21.0. The molecule has 1 amide bonds. The fourth-order valence-electron chi connectivity index (χ4n) is 2.43. The van der Waals surface area contributed by atoms with E-state index < -0.39 is 23.5 Å². The summed E-state index contributed by atoms with van der Waals surface area (Å²) in [7, 11) is 1.36. The first-order chi connectivity index (χ1) is 13.8. The maximum absolute atomic E-state index is 13.8. The van der Waals surface area contributed by atoms with Crippen LogP contribution in [0.1, 0.15) is 11.1 Å². The number of hydrogen-bond acceptors (Lipinski definition) is 4. The highest BCUT2D eigenvalue weighted by Crippen LogP contribution is 2.30. The van der Waals surface area contributed by atoms with Gasteiger partial charge < -0.3 is 4.74 Å². The predicted octanol–water partition coefficient (Wildman–Crippen LogP) is 5.63. The molecule has 0 atom stereocenters. The van der Waals surface area contributed by atoms with E-state index in [2.05, 4.69) is 10.3 Å². The van der Waals surface area contributed by atoms with Gasteiger partial charge >= 0.3 is 6.18 Å². The Kier molecular flexibility index (Phi) is 5.97. The average Bonchev–Trinajstić information content (AvgIpc) is 3.14. The third-order valence-corrected chi connectivity index (χ3v) is 4.58. The molecule has 1 N–H and O–H groups in total. The summed E-state index contributed by atoms with van der Waals surface area (Å²) in [6.45, 7) is 0. The monoisotopic (exact) mass is 422 g/mol. The van der Waals surface area contributed by atoms with Crippen LogP contribution >= 0.6 is 11.3 Å². The van der Waals surface area contributed by atoms with Gasteiger partial charge in [0.25, 0.3) is 0 Å². The molecule has 0 saturated carbocycles. The number of halogens is 4. The summed E-state index contributed by atoms with van der Waals surface area (Å²) in [5, 5.41) is 4.44. The minimum atomic E-state index is -4.45. The van der Waals surface area contributed by atoms with Crippen molar-refractivity contribution in [2.24, 2.45) is 0 Å². The second kappa shape index (κ2) is 8.44. The number of nitrogens with zero attached hydrogens (tertiary/aromatic N) is 1. The van der Waals surface area contributed by atoms with Crippen LogP contribution in [0.3, 0.4) is 0 Å². The van der Waals surface area contributed by atoms with E-state index in [-0.39, 0.29) is 16.4 Å². The second-order valence-electron chi connectivity index (χ2n) is 5.83. The number of aromatic nitrogens is 1. The van der Waals surface area contributed by atoms with Gasteiger partial charge in [-0.2, -0.15) is 13.2 Å². The summed E-state index contributed by atoms with van der Waals surface area (Å²) < 4.78 is 56.9. The summed E-state index contributed by atoms with van der Waals surface area (Å²) >= 11 is 1.14. The number of ether oxygens (including phenoxy) is 1. The quantitative estimate of drug-likeness (QED) is 0.428. The molecule has 1 aromatic heterocycles. The molecule has 150 valence electrons. The van der Waals surface area contributed by atoms with Crippen LogP contribution in [0.5, 0.6) is 5.75 Å². The Bertz CT molecular complexity index is 1060. The first-order valence-corrected chi connectivity index (χ1v) is 9.10. The molecule has 3 rings (SSSR count). The lowest BCUT2D eigenvalue weighted by atomic mass is 10.1. The Morgan fingerprint density at radius 2 is 2.00 bits per heavy atom. The fraction of sp³-hybridized carbons (Fsp3) is 0.100. The Morgan fingerprint density at radius 3 is 2.69 bits per heavy atom. The van der Waals surface area contributed by atoms with Crippen molar-refractivity contribution in [2.45, 2.75) is 6.18 Å². The van der Waals surface area contributed by atoms with Crippen molar-refractivity contribution in [1.29, 1.82) is 0 Å². The van der Waals surface area contributed by atoms with Gasteiger partial charge in [-0.3, -0.25) is 10.1 Å².